The number of carboxylic acid groups (broad SMARTS) is 2. The van der Waals surface area contributed by atoms with Crippen LogP contribution in [0.4, 0.5) is 0 Å². The fourth-order valence-electron chi connectivity index (χ4n) is 0. The Hall–Kier alpha value is -0.454. The van der Waals surface area contributed by atoms with Crippen LogP contribution in [0, 0.1) is 0 Å². The quantitative estimate of drug-likeness (QED) is 0.451. The molecule has 0 spiro atoms. The predicted molar refractivity (Wildman–Crippen MR) is 46.4 cm³/mol. The van der Waals surface area contributed by atoms with E-state index < -0.39 is 24.1 Å². The maximum absolute atomic E-state index is 9.34. The minimum atomic E-state index is -1.44. The van der Waals surface area contributed by atoms with Gasteiger partial charge in [0.1, 0.15) is 0 Å². The summed E-state index contributed by atoms with van der Waals surface area (Å²) in [6.07, 6.45) is -2.69. The molecule has 0 saturated heterocycles. The summed E-state index contributed by atoms with van der Waals surface area (Å²) in [6, 6.07) is 0. The van der Waals surface area contributed by atoms with E-state index in [1.54, 1.807) is 0 Å². The summed E-state index contributed by atoms with van der Waals surface area (Å²) in [7, 11) is 0. The fraction of sp³-hybridized carbons (Fsp3) is 0.667. The molecule has 2 unspecified atom stereocenters. The van der Waals surface area contributed by atoms with Gasteiger partial charge in [0.05, 0.1) is 24.1 Å². The summed E-state index contributed by atoms with van der Waals surface area (Å²) < 4.78 is 0. The van der Waals surface area contributed by atoms with Crippen molar-refractivity contribution in [2.24, 2.45) is 0 Å². The van der Waals surface area contributed by atoms with Gasteiger partial charge >= 0.3 is 23.1 Å². The van der Waals surface area contributed by atoms with Crippen LogP contribution in [0.25, 0.3) is 0 Å². The van der Waals surface area contributed by atoms with Crippen LogP contribution in [0.3, 0.4) is 0 Å². The number of hydrogen-bond acceptors (Lipinski definition) is 6. The maximum Gasteiger partial charge on any atom is 2.00 e. The summed E-state index contributed by atoms with van der Waals surface area (Å²) in [4.78, 5) is 18.7. The Morgan fingerprint density at radius 1 is 0.933 bits per heavy atom. The minimum Gasteiger partial charge on any atom is -0.547 e. The van der Waals surface area contributed by atoms with Gasteiger partial charge < -0.3 is 41.0 Å². The van der Waals surface area contributed by atoms with Crippen LogP contribution in [0.2, 0.25) is 0 Å². The third-order valence-electron chi connectivity index (χ3n) is 0.682. The van der Waals surface area contributed by atoms with Crippen molar-refractivity contribution < 1.29 is 41.0 Å². The monoisotopic (exact) mass is 238 g/mol. The van der Waals surface area contributed by atoms with Gasteiger partial charge in [-0.3, -0.25) is 0 Å². The average Bonchev–Trinajstić information content (AvgIpc) is 1.88. The molecule has 0 amide bonds. The summed E-state index contributed by atoms with van der Waals surface area (Å²) in [5, 5.41) is 34.6. The van der Waals surface area contributed by atoms with Crippen molar-refractivity contribution >= 4 is 35.0 Å². The number of carbonyl (C=O) groups excluding carboxylic acids is 2. The molecule has 0 fully saturated rings. The van der Waals surface area contributed by atoms with Gasteiger partial charge in [-0.15, -0.1) is 0 Å². The van der Waals surface area contributed by atoms with Crippen molar-refractivity contribution in [3.63, 3.8) is 0 Å². The molecule has 8 nitrogen and oxygen atoms in total. The molecule has 0 rings (SSSR count). The molecule has 0 aliphatic carbocycles. The van der Waals surface area contributed by atoms with Gasteiger partial charge in [-0.1, -0.05) is 0 Å². The van der Waals surface area contributed by atoms with Gasteiger partial charge in [0.15, 0.2) is 0 Å². The Kier molecular flexibility index (Phi) is 31.2. The van der Waals surface area contributed by atoms with Crippen LogP contribution in [-0.4, -0.2) is 68.4 Å². The van der Waals surface area contributed by atoms with Gasteiger partial charge in [0.25, 0.3) is 0 Å². The molecule has 0 aromatic rings. The van der Waals surface area contributed by atoms with Crippen molar-refractivity contribution in [3.8, 4) is 0 Å². The van der Waals surface area contributed by atoms with Crippen molar-refractivity contribution in [3.05, 3.63) is 0 Å². The number of carboxylic acids is 2. The molecule has 88 valence electrons. The number of aliphatic hydroxyl groups excluding tert-OH is 2. The zero-order valence-corrected chi connectivity index (χ0v) is 9.80. The topological polar surface area (TPSA) is 184 Å². The number of hydrogen-bond donors (Lipinski definition) is 2. The van der Waals surface area contributed by atoms with Gasteiger partial charge in [0.2, 0.25) is 0 Å². The van der Waals surface area contributed by atoms with Crippen LogP contribution < -0.4 is 10.2 Å². The molecule has 6 N–H and O–H groups in total. The number of aliphatic hydroxyl groups is 2. The van der Waals surface area contributed by atoms with Gasteiger partial charge in [-0.05, 0) is 13.8 Å². The van der Waals surface area contributed by atoms with E-state index in [-0.39, 0.29) is 34.0 Å². The Balaban J connectivity index is -0.0000000370. The van der Waals surface area contributed by atoms with Crippen LogP contribution in [0.5, 0.6) is 0 Å². The molecule has 0 saturated carbocycles. The third-order valence-corrected chi connectivity index (χ3v) is 0.682. The van der Waals surface area contributed by atoms with Crippen molar-refractivity contribution in [2.75, 3.05) is 0 Å². The first kappa shape index (κ1) is 29.3. The largest absolute Gasteiger partial charge is 2.00 e. The van der Waals surface area contributed by atoms with E-state index in [0.29, 0.717) is 0 Å². The summed E-state index contributed by atoms with van der Waals surface area (Å²) in [6.45, 7) is 2.27. The molecule has 0 aliphatic heterocycles. The molecule has 9 heteroatoms. The van der Waals surface area contributed by atoms with E-state index in [1.165, 1.54) is 0 Å². The molecule has 15 heavy (non-hydrogen) atoms. The predicted octanol–water partition coefficient (Wildman–Crippen LogP) is -5.80. The van der Waals surface area contributed by atoms with Crippen LogP contribution in [-0.2, 0) is 9.59 Å². The van der Waals surface area contributed by atoms with E-state index >= 15 is 0 Å². The normalized spacial score (nSPS) is 10.9. The molecular weight excluding hydrogens is 224 g/mol. The Labute approximate surface area is 102 Å². The zero-order valence-electron chi connectivity index (χ0n) is 8.39. The SMILES string of the molecule is CC(O)C(=O)[O-].CC(O)C(=O)[O-].O.O.[Mg+2]. The van der Waals surface area contributed by atoms with Gasteiger partial charge in [0, 0.05) is 0 Å². The third kappa shape index (κ3) is 31.7. The van der Waals surface area contributed by atoms with Crippen molar-refractivity contribution in [2.45, 2.75) is 26.1 Å². The van der Waals surface area contributed by atoms with E-state index in [4.69, 9.17) is 10.2 Å². The Bertz CT molecular complexity index is 139. The van der Waals surface area contributed by atoms with E-state index in [2.05, 4.69) is 0 Å². The zero-order chi connectivity index (χ0) is 10.3. The second kappa shape index (κ2) is 16.0. The second-order valence-electron chi connectivity index (χ2n) is 1.99. The first-order chi connectivity index (χ1) is 5.29. The van der Waals surface area contributed by atoms with E-state index in [1.807, 2.05) is 0 Å². The summed E-state index contributed by atoms with van der Waals surface area (Å²) in [5.41, 5.74) is 0. The minimum absolute atomic E-state index is 0. The van der Waals surface area contributed by atoms with E-state index in [0.717, 1.165) is 13.8 Å². The van der Waals surface area contributed by atoms with Crippen LogP contribution in [0.15, 0.2) is 0 Å². The number of aliphatic carboxylic acids is 2. The van der Waals surface area contributed by atoms with E-state index in [9.17, 15) is 19.8 Å². The molecule has 0 radical (unpaired) electrons. The molecule has 2 atom stereocenters. The summed E-state index contributed by atoms with van der Waals surface area (Å²) >= 11 is 0. The maximum atomic E-state index is 9.34. The van der Waals surface area contributed by atoms with Gasteiger partial charge in [-0.25, -0.2) is 0 Å². The van der Waals surface area contributed by atoms with Crippen LogP contribution in [0.1, 0.15) is 13.8 Å². The van der Waals surface area contributed by atoms with Gasteiger partial charge in [-0.2, -0.15) is 0 Å². The van der Waals surface area contributed by atoms with Crippen LogP contribution >= 0.6 is 0 Å². The molecular formula is C6H14MgO8. The molecule has 0 bridgehead atoms. The fourth-order valence-corrected chi connectivity index (χ4v) is 0. The Morgan fingerprint density at radius 3 is 1.00 bits per heavy atom. The standard InChI is InChI=1S/2C3H6O3.Mg.2H2O/c2*1-2(4)3(5)6;;;/h2*2,4H,1H3,(H,5,6);;2*1H2/q;;+2;;/p-2. The number of carbonyl (C=O) groups is 2. The first-order valence-electron chi connectivity index (χ1n) is 3.06. The summed E-state index contributed by atoms with van der Waals surface area (Å²) in [5.74, 6) is -2.87. The first-order valence-corrected chi connectivity index (χ1v) is 3.06. The smallest absolute Gasteiger partial charge is 0.547 e. The Morgan fingerprint density at radius 2 is 1.00 bits per heavy atom. The average molecular weight is 238 g/mol. The molecule has 0 aromatic carbocycles. The number of rotatable bonds is 2. The van der Waals surface area contributed by atoms with Crippen molar-refractivity contribution in [1.29, 1.82) is 0 Å². The molecule has 0 heterocycles. The van der Waals surface area contributed by atoms with Crippen molar-refractivity contribution in [1.82, 2.24) is 0 Å². The molecule has 0 aromatic heterocycles. The second-order valence-corrected chi connectivity index (χ2v) is 1.99. The molecule has 0 aliphatic rings.